The lowest BCUT2D eigenvalue weighted by Crippen LogP contribution is -2.39. The number of aromatic nitrogens is 1. The van der Waals surface area contributed by atoms with E-state index in [0.717, 1.165) is 12.3 Å². The summed E-state index contributed by atoms with van der Waals surface area (Å²) < 4.78 is 43.8. The summed E-state index contributed by atoms with van der Waals surface area (Å²) in [6.45, 7) is 1.20. The van der Waals surface area contributed by atoms with Crippen LogP contribution in [0.3, 0.4) is 0 Å². The second-order valence-electron chi connectivity index (χ2n) is 4.78. The third-order valence-electron chi connectivity index (χ3n) is 3.14. The predicted molar refractivity (Wildman–Crippen MR) is 71.7 cm³/mol. The number of alkyl carbamates (subject to hydrolysis) is 1. The summed E-state index contributed by atoms with van der Waals surface area (Å²) in [6.07, 6.45) is -6.65. The highest BCUT2D eigenvalue weighted by molar-refractivity contribution is 5.68. The molecule has 2 atom stereocenters. The lowest BCUT2D eigenvalue weighted by Gasteiger charge is -2.22. The van der Waals surface area contributed by atoms with Gasteiger partial charge in [-0.3, -0.25) is 0 Å². The molecule has 0 radical (unpaired) electrons. The average molecular weight is 319 g/mol. The van der Waals surface area contributed by atoms with E-state index in [-0.39, 0.29) is 17.4 Å². The number of rotatable bonds is 4. The van der Waals surface area contributed by atoms with Crippen molar-refractivity contribution in [3.05, 3.63) is 23.9 Å². The summed E-state index contributed by atoms with van der Waals surface area (Å²) in [4.78, 5) is 15.3. The van der Waals surface area contributed by atoms with Crippen LogP contribution in [0, 0.1) is 0 Å². The van der Waals surface area contributed by atoms with Crippen molar-refractivity contribution >= 4 is 11.9 Å². The quantitative estimate of drug-likeness (QED) is 0.489. The SMILES string of the molecule is NNc1ccc([C@@H](OC(=O)NC2CCNC2)C(F)(F)F)cn1. The third-order valence-corrected chi connectivity index (χ3v) is 3.14. The number of nitrogens with one attached hydrogen (secondary N) is 3. The van der Waals surface area contributed by atoms with Crippen LogP contribution in [-0.2, 0) is 4.74 Å². The average Bonchev–Trinajstić information content (AvgIpc) is 2.96. The minimum absolute atomic E-state index is 0.200. The van der Waals surface area contributed by atoms with Crippen LogP contribution in [0.5, 0.6) is 0 Å². The molecule has 1 aliphatic rings. The van der Waals surface area contributed by atoms with Gasteiger partial charge in [0.1, 0.15) is 5.82 Å². The lowest BCUT2D eigenvalue weighted by atomic mass is 10.1. The third kappa shape index (κ3) is 4.21. The van der Waals surface area contributed by atoms with Gasteiger partial charge in [0.15, 0.2) is 0 Å². The Balaban J connectivity index is 2.06. The number of carbonyl (C=O) groups excluding carboxylic acids is 1. The van der Waals surface area contributed by atoms with E-state index in [2.05, 4.69) is 25.8 Å². The minimum Gasteiger partial charge on any atom is -0.432 e. The fraction of sp³-hybridized carbons (Fsp3) is 0.500. The Morgan fingerprint density at radius 2 is 2.27 bits per heavy atom. The lowest BCUT2D eigenvalue weighted by molar-refractivity contribution is -0.206. The molecule has 0 spiro atoms. The Kier molecular flexibility index (Phi) is 5.03. The Hall–Kier alpha value is -2.07. The molecule has 122 valence electrons. The van der Waals surface area contributed by atoms with Gasteiger partial charge in [0.25, 0.3) is 0 Å². The first-order valence-corrected chi connectivity index (χ1v) is 6.57. The first kappa shape index (κ1) is 16.3. The van der Waals surface area contributed by atoms with Crippen LogP contribution in [0.25, 0.3) is 0 Å². The molecule has 1 amide bonds. The molecule has 1 aromatic rings. The van der Waals surface area contributed by atoms with E-state index in [4.69, 9.17) is 5.84 Å². The monoisotopic (exact) mass is 319 g/mol. The summed E-state index contributed by atoms with van der Waals surface area (Å²) in [6, 6.07) is 2.17. The number of nitrogen functional groups attached to an aromatic ring is 1. The van der Waals surface area contributed by atoms with Crippen LogP contribution in [0.15, 0.2) is 18.3 Å². The highest BCUT2D eigenvalue weighted by atomic mass is 19.4. The van der Waals surface area contributed by atoms with Crippen LogP contribution in [-0.4, -0.2) is 36.4 Å². The van der Waals surface area contributed by atoms with Crippen LogP contribution < -0.4 is 21.9 Å². The number of pyridine rings is 1. The smallest absolute Gasteiger partial charge is 0.429 e. The molecule has 1 aliphatic heterocycles. The number of nitrogens with zero attached hydrogens (tertiary/aromatic N) is 1. The number of anilines is 1. The van der Waals surface area contributed by atoms with Crippen molar-refractivity contribution in [2.75, 3.05) is 18.5 Å². The highest BCUT2D eigenvalue weighted by Gasteiger charge is 2.44. The van der Waals surface area contributed by atoms with Crippen LogP contribution in [0.2, 0.25) is 0 Å². The molecule has 0 saturated carbocycles. The molecule has 0 aliphatic carbocycles. The molecule has 2 rings (SSSR count). The molecule has 7 nitrogen and oxygen atoms in total. The van der Waals surface area contributed by atoms with E-state index in [0.29, 0.717) is 19.5 Å². The summed E-state index contributed by atoms with van der Waals surface area (Å²) in [7, 11) is 0. The van der Waals surface area contributed by atoms with Gasteiger partial charge in [-0.15, -0.1) is 0 Å². The second-order valence-corrected chi connectivity index (χ2v) is 4.78. The fourth-order valence-corrected chi connectivity index (χ4v) is 2.06. The normalized spacial score (nSPS) is 19.5. The Labute approximate surface area is 124 Å². The van der Waals surface area contributed by atoms with E-state index >= 15 is 0 Å². The summed E-state index contributed by atoms with van der Waals surface area (Å²) in [5, 5.41) is 5.38. The number of amides is 1. The van der Waals surface area contributed by atoms with E-state index in [9.17, 15) is 18.0 Å². The van der Waals surface area contributed by atoms with Crippen molar-refractivity contribution in [1.29, 1.82) is 0 Å². The van der Waals surface area contributed by atoms with Gasteiger partial charge in [0.2, 0.25) is 6.10 Å². The summed E-state index contributed by atoms with van der Waals surface area (Å²) in [5.41, 5.74) is 1.92. The van der Waals surface area contributed by atoms with Crippen molar-refractivity contribution < 1.29 is 22.7 Å². The van der Waals surface area contributed by atoms with Crippen molar-refractivity contribution in [1.82, 2.24) is 15.6 Å². The first-order valence-electron chi connectivity index (χ1n) is 6.57. The van der Waals surface area contributed by atoms with E-state index in [1.54, 1.807) is 0 Å². The van der Waals surface area contributed by atoms with E-state index in [1.165, 1.54) is 6.07 Å². The Bertz CT molecular complexity index is 502. The molecule has 0 aromatic carbocycles. The number of hydrogen-bond acceptors (Lipinski definition) is 6. The van der Waals surface area contributed by atoms with Crippen LogP contribution >= 0.6 is 0 Å². The molecule has 1 aromatic heterocycles. The summed E-state index contributed by atoms with van der Waals surface area (Å²) in [5.74, 6) is 5.30. The number of nitrogens with two attached hydrogens (primary N) is 1. The van der Waals surface area contributed by atoms with Gasteiger partial charge < -0.3 is 20.8 Å². The van der Waals surface area contributed by atoms with Crippen molar-refractivity contribution in [2.45, 2.75) is 24.7 Å². The number of halogens is 3. The molecule has 1 unspecified atom stereocenters. The Morgan fingerprint density at radius 1 is 1.50 bits per heavy atom. The van der Waals surface area contributed by atoms with Gasteiger partial charge in [0.05, 0.1) is 0 Å². The maximum absolute atomic E-state index is 13.1. The fourth-order valence-electron chi connectivity index (χ4n) is 2.06. The zero-order chi connectivity index (χ0) is 16.2. The van der Waals surface area contributed by atoms with Crippen LogP contribution in [0.1, 0.15) is 18.1 Å². The van der Waals surface area contributed by atoms with Gasteiger partial charge >= 0.3 is 12.3 Å². The zero-order valence-corrected chi connectivity index (χ0v) is 11.5. The molecular weight excluding hydrogens is 303 g/mol. The molecule has 5 N–H and O–H groups in total. The maximum atomic E-state index is 13.1. The molecule has 22 heavy (non-hydrogen) atoms. The maximum Gasteiger partial charge on any atom is 0.429 e. The molecule has 0 bridgehead atoms. The van der Waals surface area contributed by atoms with Gasteiger partial charge in [-0.25, -0.2) is 15.6 Å². The zero-order valence-electron chi connectivity index (χ0n) is 11.5. The molecule has 2 heterocycles. The number of ether oxygens (including phenoxy) is 1. The van der Waals surface area contributed by atoms with Crippen molar-refractivity contribution in [2.24, 2.45) is 5.84 Å². The highest BCUT2D eigenvalue weighted by Crippen LogP contribution is 2.35. The van der Waals surface area contributed by atoms with Crippen LogP contribution in [0.4, 0.5) is 23.8 Å². The second kappa shape index (κ2) is 6.79. The number of alkyl halides is 3. The molecular formula is C12H16F3N5O2. The standard InChI is InChI=1S/C12H16F3N5O2/c13-12(14,15)10(7-1-2-9(20-16)18-5-7)22-11(21)19-8-3-4-17-6-8/h1-2,5,8,10,17H,3-4,6,16H2,(H,18,20)(H,19,21)/t8?,10-/m1/s1. The molecule has 10 heteroatoms. The Morgan fingerprint density at radius 3 is 2.77 bits per heavy atom. The summed E-state index contributed by atoms with van der Waals surface area (Å²) >= 11 is 0. The van der Waals surface area contributed by atoms with E-state index in [1.807, 2.05) is 0 Å². The number of hydrazine groups is 1. The van der Waals surface area contributed by atoms with Gasteiger partial charge in [0, 0.05) is 24.3 Å². The van der Waals surface area contributed by atoms with Crippen molar-refractivity contribution in [3.8, 4) is 0 Å². The topological polar surface area (TPSA) is 101 Å². The number of hydrogen-bond donors (Lipinski definition) is 4. The molecule has 1 saturated heterocycles. The minimum atomic E-state index is -4.75. The van der Waals surface area contributed by atoms with Gasteiger partial charge in [-0.05, 0) is 25.1 Å². The molecule has 1 fully saturated rings. The van der Waals surface area contributed by atoms with Gasteiger partial charge in [-0.1, -0.05) is 0 Å². The van der Waals surface area contributed by atoms with Gasteiger partial charge in [-0.2, -0.15) is 13.2 Å². The first-order chi connectivity index (χ1) is 10.4. The largest absolute Gasteiger partial charge is 0.432 e. The van der Waals surface area contributed by atoms with E-state index < -0.39 is 18.4 Å². The number of carbonyl (C=O) groups is 1. The van der Waals surface area contributed by atoms with Crippen molar-refractivity contribution in [3.63, 3.8) is 0 Å². The predicted octanol–water partition coefficient (Wildman–Crippen LogP) is 1.06.